The summed E-state index contributed by atoms with van der Waals surface area (Å²) in [7, 11) is 3.23. The van der Waals surface area contributed by atoms with E-state index < -0.39 is 0 Å². The van der Waals surface area contributed by atoms with E-state index in [9.17, 15) is 4.79 Å². The molecule has 1 aromatic rings. The number of hydrogen-bond donors (Lipinski definition) is 2. The number of carbonyl (C=O) groups excluding carboxylic acids is 1. The van der Waals surface area contributed by atoms with Crippen molar-refractivity contribution in [1.82, 2.24) is 5.32 Å². The van der Waals surface area contributed by atoms with Gasteiger partial charge in [-0.05, 0) is 30.7 Å². The van der Waals surface area contributed by atoms with Gasteiger partial charge in [0, 0.05) is 18.4 Å². The molecule has 21 heavy (non-hydrogen) atoms. The van der Waals surface area contributed by atoms with E-state index in [1.54, 1.807) is 14.2 Å². The number of hydrogen-bond acceptors (Lipinski definition) is 4. The van der Waals surface area contributed by atoms with Crippen molar-refractivity contribution in [2.45, 2.75) is 32.1 Å². The summed E-state index contributed by atoms with van der Waals surface area (Å²) in [6.45, 7) is 5.26. The third-order valence-electron chi connectivity index (χ3n) is 3.50. The Bertz CT molecular complexity index is 473. The Kier molecular flexibility index (Phi) is 6.49. The van der Waals surface area contributed by atoms with Gasteiger partial charge in [0.1, 0.15) is 0 Å². The molecule has 0 aromatic heterocycles. The summed E-state index contributed by atoms with van der Waals surface area (Å²) in [5.41, 5.74) is 6.29. The highest BCUT2D eigenvalue weighted by molar-refractivity contribution is 5.76. The van der Waals surface area contributed by atoms with Crippen LogP contribution in [0.4, 0.5) is 0 Å². The van der Waals surface area contributed by atoms with Crippen molar-refractivity contribution in [2.75, 3.05) is 27.3 Å². The fourth-order valence-corrected chi connectivity index (χ4v) is 2.03. The van der Waals surface area contributed by atoms with E-state index in [1.165, 1.54) is 0 Å². The highest BCUT2D eigenvalue weighted by Crippen LogP contribution is 2.32. The number of amides is 1. The van der Waals surface area contributed by atoms with Gasteiger partial charge in [-0.2, -0.15) is 0 Å². The maximum Gasteiger partial charge on any atom is 0.220 e. The minimum absolute atomic E-state index is 0.0361. The molecule has 0 spiro atoms. The van der Waals surface area contributed by atoms with Crippen LogP contribution in [0, 0.1) is 0 Å². The number of nitrogens with two attached hydrogens (primary N) is 1. The van der Waals surface area contributed by atoms with Gasteiger partial charge in [0.2, 0.25) is 5.91 Å². The lowest BCUT2D eigenvalue weighted by molar-refractivity contribution is -0.121. The minimum Gasteiger partial charge on any atom is -0.493 e. The van der Waals surface area contributed by atoms with Crippen LogP contribution in [0.15, 0.2) is 18.2 Å². The van der Waals surface area contributed by atoms with Crippen molar-refractivity contribution >= 4 is 5.91 Å². The van der Waals surface area contributed by atoms with E-state index in [1.807, 2.05) is 18.2 Å². The molecule has 1 amide bonds. The van der Waals surface area contributed by atoms with Crippen LogP contribution in [0.5, 0.6) is 11.5 Å². The SMILES string of the molecule is COc1ccc(C(C)(C)CNC(=O)CCCN)cc1OC. The maximum absolute atomic E-state index is 11.7. The van der Waals surface area contributed by atoms with Gasteiger partial charge >= 0.3 is 0 Å². The zero-order valence-electron chi connectivity index (χ0n) is 13.4. The molecule has 5 nitrogen and oxygen atoms in total. The summed E-state index contributed by atoms with van der Waals surface area (Å²) in [6, 6.07) is 5.82. The summed E-state index contributed by atoms with van der Waals surface area (Å²) >= 11 is 0. The Balaban J connectivity index is 2.75. The van der Waals surface area contributed by atoms with Crippen molar-refractivity contribution in [1.29, 1.82) is 0 Å². The van der Waals surface area contributed by atoms with Crippen molar-refractivity contribution in [3.8, 4) is 11.5 Å². The van der Waals surface area contributed by atoms with Crippen LogP contribution in [0.3, 0.4) is 0 Å². The predicted octanol–water partition coefficient (Wildman–Crippen LogP) is 1.84. The highest BCUT2D eigenvalue weighted by atomic mass is 16.5. The highest BCUT2D eigenvalue weighted by Gasteiger charge is 2.23. The van der Waals surface area contributed by atoms with Crippen LogP contribution in [-0.4, -0.2) is 33.2 Å². The second-order valence-electron chi connectivity index (χ2n) is 5.62. The zero-order chi connectivity index (χ0) is 15.9. The molecule has 1 rings (SSSR count). The van der Waals surface area contributed by atoms with Crippen LogP contribution < -0.4 is 20.5 Å². The van der Waals surface area contributed by atoms with Crippen molar-refractivity contribution in [3.05, 3.63) is 23.8 Å². The lowest BCUT2D eigenvalue weighted by Gasteiger charge is -2.26. The average Bonchev–Trinajstić information content (AvgIpc) is 2.50. The van der Waals surface area contributed by atoms with Gasteiger partial charge in [0.25, 0.3) is 0 Å². The topological polar surface area (TPSA) is 73.6 Å². The Morgan fingerprint density at radius 1 is 1.24 bits per heavy atom. The van der Waals surface area contributed by atoms with E-state index in [2.05, 4.69) is 19.2 Å². The molecule has 1 aromatic carbocycles. The smallest absolute Gasteiger partial charge is 0.220 e. The molecule has 0 heterocycles. The van der Waals surface area contributed by atoms with Gasteiger partial charge in [-0.25, -0.2) is 0 Å². The van der Waals surface area contributed by atoms with E-state index in [-0.39, 0.29) is 11.3 Å². The molecule has 0 saturated heterocycles. The maximum atomic E-state index is 11.7. The summed E-state index contributed by atoms with van der Waals surface area (Å²) in [5.74, 6) is 1.43. The molecule has 0 aliphatic carbocycles. The van der Waals surface area contributed by atoms with Crippen molar-refractivity contribution in [3.63, 3.8) is 0 Å². The lowest BCUT2D eigenvalue weighted by Crippen LogP contribution is -2.36. The van der Waals surface area contributed by atoms with Gasteiger partial charge < -0.3 is 20.5 Å². The average molecular weight is 294 g/mol. The molecule has 3 N–H and O–H groups in total. The number of nitrogens with one attached hydrogen (secondary N) is 1. The monoisotopic (exact) mass is 294 g/mol. The Hall–Kier alpha value is -1.75. The number of methoxy groups -OCH3 is 2. The molecular weight excluding hydrogens is 268 g/mol. The largest absolute Gasteiger partial charge is 0.493 e. The van der Waals surface area contributed by atoms with Gasteiger partial charge in [0.15, 0.2) is 11.5 Å². The third kappa shape index (κ3) is 4.93. The zero-order valence-corrected chi connectivity index (χ0v) is 13.4. The van der Waals surface area contributed by atoms with E-state index in [0.717, 1.165) is 5.56 Å². The minimum atomic E-state index is -0.197. The standard InChI is InChI=1S/C16H26N2O3/c1-16(2,11-18-15(19)6-5-9-17)12-7-8-13(20-3)14(10-12)21-4/h7-8,10H,5-6,9,11,17H2,1-4H3,(H,18,19). The summed E-state index contributed by atoms with van der Waals surface area (Å²) < 4.78 is 10.6. The van der Waals surface area contributed by atoms with Gasteiger partial charge in [0.05, 0.1) is 14.2 Å². The Morgan fingerprint density at radius 3 is 2.48 bits per heavy atom. The summed E-state index contributed by atoms with van der Waals surface area (Å²) in [6.07, 6.45) is 1.18. The molecule has 0 radical (unpaired) electrons. The van der Waals surface area contributed by atoms with E-state index in [0.29, 0.717) is 37.4 Å². The van der Waals surface area contributed by atoms with E-state index >= 15 is 0 Å². The van der Waals surface area contributed by atoms with Gasteiger partial charge in [-0.15, -0.1) is 0 Å². The molecule has 118 valence electrons. The number of benzene rings is 1. The third-order valence-corrected chi connectivity index (χ3v) is 3.50. The number of rotatable bonds is 8. The second-order valence-corrected chi connectivity index (χ2v) is 5.62. The van der Waals surface area contributed by atoms with Crippen LogP contribution in [0.25, 0.3) is 0 Å². The molecular formula is C16H26N2O3. The first kappa shape index (κ1) is 17.3. The van der Waals surface area contributed by atoms with Crippen LogP contribution in [-0.2, 0) is 10.2 Å². The molecule has 0 aliphatic rings. The Morgan fingerprint density at radius 2 is 1.90 bits per heavy atom. The second kappa shape index (κ2) is 7.88. The quantitative estimate of drug-likeness (QED) is 0.767. The molecule has 0 fully saturated rings. The summed E-state index contributed by atoms with van der Waals surface area (Å²) in [4.78, 5) is 11.7. The first-order chi connectivity index (χ1) is 9.94. The van der Waals surface area contributed by atoms with Crippen LogP contribution in [0.2, 0.25) is 0 Å². The lowest BCUT2D eigenvalue weighted by atomic mass is 9.84. The molecule has 0 atom stereocenters. The van der Waals surface area contributed by atoms with Gasteiger partial charge in [-0.3, -0.25) is 4.79 Å². The first-order valence-electron chi connectivity index (χ1n) is 7.14. The van der Waals surface area contributed by atoms with Crippen molar-refractivity contribution in [2.24, 2.45) is 5.73 Å². The molecule has 0 unspecified atom stereocenters. The summed E-state index contributed by atoms with van der Waals surface area (Å²) in [5, 5.41) is 2.96. The van der Waals surface area contributed by atoms with Crippen LogP contribution in [0.1, 0.15) is 32.3 Å². The predicted molar refractivity (Wildman–Crippen MR) is 83.9 cm³/mol. The number of ether oxygens (including phenoxy) is 2. The fourth-order valence-electron chi connectivity index (χ4n) is 2.03. The normalized spacial score (nSPS) is 11.1. The van der Waals surface area contributed by atoms with Gasteiger partial charge in [-0.1, -0.05) is 19.9 Å². The fraction of sp³-hybridized carbons (Fsp3) is 0.562. The van der Waals surface area contributed by atoms with Crippen molar-refractivity contribution < 1.29 is 14.3 Å². The number of carbonyl (C=O) groups is 1. The first-order valence-corrected chi connectivity index (χ1v) is 7.14. The van der Waals surface area contributed by atoms with E-state index in [4.69, 9.17) is 15.2 Å². The Labute approximate surface area is 126 Å². The molecule has 0 aliphatic heterocycles. The molecule has 0 bridgehead atoms. The molecule has 0 saturated carbocycles. The van der Waals surface area contributed by atoms with Crippen LogP contribution >= 0.6 is 0 Å². The molecule has 5 heteroatoms.